The van der Waals surface area contributed by atoms with Gasteiger partial charge in [-0.25, -0.2) is 4.98 Å². The van der Waals surface area contributed by atoms with E-state index in [4.69, 9.17) is 9.47 Å². The Balaban J connectivity index is 1.51. The molecule has 3 rings (SSSR count). The van der Waals surface area contributed by atoms with Gasteiger partial charge < -0.3 is 14.4 Å². The van der Waals surface area contributed by atoms with Crippen LogP contribution in [0.5, 0.6) is 11.5 Å². The van der Waals surface area contributed by atoms with E-state index in [0.717, 1.165) is 28.9 Å². The molecule has 27 heavy (non-hydrogen) atoms. The van der Waals surface area contributed by atoms with Crippen LogP contribution in [0.4, 0.5) is 0 Å². The van der Waals surface area contributed by atoms with E-state index in [1.54, 1.807) is 30.5 Å². The maximum Gasteiger partial charge on any atom is 0.222 e. The minimum atomic E-state index is 0.130. The SMILES string of the molecule is COc1ccc(CN(C)C(=O)CCCc2nc3ccccc3s2)cc1OC. The Labute approximate surface area is 163 Å². The number of hydrogen-bond acceptors (Lipinski definition) is 5. The molecule has 142 valence electrons. The fourth-order valence-electron chi connectivity index (χ4n) is 2.95. The van der Waals surface area contributed by atoms with E-state index in [2.05, 4.69) is 11.1 Å². The number of thiazole rings is 1. The molecule has 0 saturated carbocycles. The number of carbonyl (C=O) groups excluding carboxylic acids is 1. The van der Waals surface area contributed by atoms with Gasteiger partial charge in [0.2, 0.25) is 5.91 Å². The van der Waals surface area contributed by atoms with Gasteiger partial charge in [-0.2, -0.15) is 0 Å². The summed E-state index contributed by atoms with van der Waals surface area (Å²) >= 11 is 1.71. The van der Waals surface area contributed by atoms with Crippen LogP contribution >= 0.6 is 11.3 Å². The lowest BCUT2D eigenvalue weighted by Gasteiger charge is -2.18. The number of para-hydroxylation sites is 1. The Morgan fingerprint density at radius 1 is 1.11 bits per heavy atom. The van der Waals surface area contributed by atoms with E-state index in [-0.39, 0.29) is 5.91 Å². The summed E-state index contributed by atoms with van der Waals surface area (Å²) in [6.45, 7) is 0.542. The van der Waals surface area contributed by atoms with Crippen LogP contribution in [0.25, 0.3) is 10.2 Å². The highest BCUT2D eigenvalue weighted by Crippen LogP contribution is 2.28. The molecule has 0 radical (unpaired) electrons. The van der Waals surface area contributed by atoms with Crippen molar-refractivity contribution in [2.24, 2.45) is 0 Å². The monoisotopic (exact) mass is 384 g/mol. The van der Waals surface area contributed by atoms with Crippen molar-refractivity contribution in [1.29, 1.82) is 0 Å². The molecule has 2 aromatic carbocycles. The Hall–Kier alpha value is -2.60. The van der Waals surface area contributed by atoms with Crippen molar-refractivity contribution in [1.82, 2.24) is 9.88 Å². The number of rotatable bonds is 8. The van der Waals surface area contributed by atoms with Crippen LogP contribution in [0.2, 0.25) is 0 Å². The van der Waals surface area contributed by atoms with Crippen LogP contribution in [-0.2, 0) is 17.8 Å². The summed E-state index contributed by atoms with van der Waals surface area (Å²) in [5, 5.41) is 1.09. The Kier molecular flexibility index (Phi) is 6.29. The number of aromatic nitrogens is 1. The predicted molar refractivity (Wildman–Crippen MR) is 109 cm³/mol. The molecule has 0 atom stereocenters. The van der Waals surface area contributed by atoms with Crippen molar-refractivity contribution < 1.29 is 14.3 Å². The van der Waals surface area contributed by atoms with E-state index in [0.29, 0.717) is 24.5 Å². The zero-order valence-corrected chi connectivity index (χ0v) is 16.7. The maximum absolute atomic E-state index is 12.4. The summed E-state index contributed by atoms with van der Waals surface area (Å²) < 4.78 is 11.8. The predicted octanol–water partition coefficient (Wildman–Crippen LogP) is 4.29. The molecular weight excluding hydrogens is 360 g/mol. The van der Waals surface area contributed by atoms with Crippen LogP contribution in [0.15, 0.2) is 42.5 Å². The van der Waals surface area contributed by atoms with Gasteiger partial charge >= 0.3 is 0 Å². The lowest BCUT2D eigenvalue weighted by Crippen LogP contribution is -2.26. The molecule has 0 unspecified atom stereocenters. The number of aryl methyl sites for hydroxylation is 1. The zero-order chi connectivity index (χ0) is 19.2. The molecule has 6 heteroatoms. The molecule has 0 aliphatic rings. The van der Waals surface area contributed by atoms with E-state index in [1.807, 2.05) is 43.4 Å². The smallest absolute Gasteiger partial charge is 0.222 e. The van der Waals surface area contributed by atoms with Crippen molar-refractivity contribution in [3.05, 3.63) is 53.0 Å². The zero-order valence-electron chi connectivity index (χ0n) is 15.9. The third kappa shape index (κ3) is 4.77. The minimum Gasteiger partial charge on any atom is -0.493 e. The van der Waals surface area contributed by atoms with Crippen LogP contribution in [0.1, 0.15) is 23.4 Å². The molecular formula is C21H24N2O3S. The van der Waals surface area contributed by atoms with Crippen LogP contribution in [-0.4, -0.2) is 37.1 Å². The summed E-state index contributed by atoms with van der Waals surface area (Å²) in [4.78, 5) is 18.8. The maximum atomic E-state index is 12.4. The summed E-state index contributed by atoms with van der Waals surface area (Å²) in [6, 6.07) is 13.8. The minimum absolute atomic E-state index is 0.130. The van der Waals surface area contributed by atoms with Gasteiger partial charge in [0, 0.05) is 20.0 Å². The number of nitrogens with zero attached hydrogens (tertiary/aromatic N) is 2. The molecule has 1 aromatic heterocycles. The first-order valence-electron chi connectivity index (χ1n) is 8.90. The number of ether oxygens (including phenoxy) is 2. The quantitative estimate of drug-likeness (QED) is 0.581. The van der Waals surface area contributed by atoms with Gasteiger partial charge in [-0.05, 0) is 42.7 Å². The van der Waals surface area contributed by atoms with Crippen molar-refractivity contribution in [3.8, 4) is 11.5 Å². The van der Waals surface area contributed by atoms with Gasteiger partial charge in [-0.1, -0.05) is 18.2 Å². The third-order valence-electron chi connectivity index (χ3n) is 4.41. The molecule has 0 aliphatic heterocycles. The molecule has 0 spiro atoms. The number of benzene rings is 2. The Morgan fingerprint density at radius 3 is 2.63 bits per heavy atom. The van der Waals surface area contributed by atoms with Gasteiger partial charge in [-0.15, -0.1) is 11.3 Å². The molecule has 0 aliphatic carbocycles. The van der Waals surface area contributed by atoms with Crippen molar-refractivity contribution in [2.75, 3.05) is 21.3 Å². The Bertz CT molecular complexity index is 890. The van der Waals surface area contributed by atoms with E-state index < -0.39 is 0 Å². The van der Waals surface area contributed by atoms with Gasteiger partial charge in [0.15, 0.2) is 11.5 Å². The average Bonchev–Trinajstić information content (AvgIpc) is 3.10. The average molecular weight is 385 g/mol. The fraction of sp³-hybridized carbons (Fsp3) is 0.333. The van der Waals surface area contributed by atoms with Crippen LogP contribution in [0.3, 0.4) is 0 Å². The van der Waals surface area contributed by atoms with Gasteiger partial charge in [0.05, 0.1) is 29.4 Å². The first-order chi connectivity index (χ1) is 13.1. The van der Waals surface area contributed by atoms with Gasteiger partial charge in [0.1, 0.15) is 0 Å². The second-order valence-corrected chi connectivity index (χ2v) is 7.48. The highest BCUT2D eigenvalue weighted by Gasteiger charge is 2.12. The number of carbonyl (C=O) groups is 1. The highest BCUT2D eigenvalue weighted by atomic mass is 32.1. The molecule has 1 heterocycles. The fourth-order valence-corrected chi connectivity index (χ4v) is 3.96. The summed E-state index contributed by atoms with van der Waals surface area (Å²) in [7, 11) is 5.05. The third-order valence-corrected chi connectivity index (χ3v) is 5.51. The molecule has 0 N–H and O–H groups in total. The van der Waals surface area contributed by atoms with Crippen LogP contribution in [0, 0.1) is 0 Å². The summed E-state index contributed by atoms with van der Waals surface area (Å²) in [6.07, 6.45) is 2.14. The lowest BCUT2D eigenvalue weighted by molar-refractivity contribution is -0.130. The number of amides is 1. The largest absolute Gasteiger partial charge is 0.493 e. The first-order valence-corrected chi connectivity index (χ1v) is 9.71. The second-order valence-electron chi connectivity index (χ2n) is 6.37. The highest BCUT2D eigenvalue weighted by molar-refractivity contribution is 7.18. The summed E-state index contributed by atoms with van der Waals surface area (Å²) in [5.41, 5.74) is 2.05. The standard InChI is InChI=1S/C21H24N2O3S/c1-23(14-15-11-12-17(25-2)18(13-15)26-3)21(24)10-6-9-20-22-16-7-4-5-8-19(16)27-20/h4-5,7-8,11-13H,6,9-10,14H2,1-3H3. The van der Waals surface area contributed by atoms with E-state index >= 15 is 0 Å². The Morgan fingerprint density at radius 2 is 1.89 bits per heavy atom. The molecule has 0 bridgehead atoms. The van der Waals surface area contributed by atoms with Gasteiger partial charge in [-0.3, -0.25) is 4.79 Å². The number of methoxy groups -OCH3 is 2. The van der Waals surface area contributed by atoms with E-state index in [1.165, 1.54) is 4.70 Å². The molecule has 0 saturated heterocycles. The van der Waals surface area contributed by atoms with Crippen molar-refractivity contribution in [3.63, 3.8) is 0 Å². The van der Waals surface area contributed by atoms with Crippen molar-refractivity contribution in [2.45, 2.75) is 25.8 Å². The molecule has 5 nitrogen and oxygen atoms in total. The molecule has 0 fully saturated rings. The molecule has 3 aromatic rings. The second kappa shape index (κ2) is 8.86. The number of hydrogen-bond donors (Lipinski definition) is 0. The topological polar surface area (TPSA) is 51.7 Å². The normalized spacial score (nSPS) is 10.8. The first kappa shape index (κ1) is 19.2. The summed E-state index contributed by atoms with van der Waals surface area (Å²) in [5.74, 6) is 1.49. The van der Waals surface area contributed by atoms with Gasteiger partial charge in [0.25, 0.3) is 0 Å². The van der Waals surface area contributed by atoms with E-state index in [9.17, 15) is 4.79 Å². The molecule has 1 amide bonds. The lowest BCUT2D eigenvalue weighted by atomic mass is 10.1. The van der Waals surface area contributed by atoms with Crippen LogP contribution < -0.4 is 9.47 Å². The van der Waals surface area contributed by atoms with Crippen molar-refractivity contribution >= 4 is 27.5 Å². The number of fused-ring (bicyclic) bond motifs is 1.